The van der Waals surface area contributed by atoms with E-state index in [0.29, 0.717) is 11.3 Å². The van der Waals surface area contributed by atoms with Crippen molar-refractivity contribution in [1.29, 1.82) is 0 Å². The number of hydrogen-bond donors (Lipinski definition) is 2. The van der Waals surface area contributed by atoms with E-state index in [2.05, 4.69) is 15.5 Å². The third-order valence-electron chi connectivity index (χ3n) is 1.68. The Kier molecular flexibility index (Phi) is 4.03. The van der Waals surface area contributed by atoms with Crippen LogP contribution in [0.1, 0.15) is 26.3 Å². The van der Waals surface area contributed by atoms with E-state index in [1.54, 1.807) is 26.8 Å². The van der Waals surface area contributed by atoms with Crippen LogP contribution >= 0.6 is 0 Å². The number of amides is 1. The van der Waals surface area contributed by atoms with E-state index in [4.69, 9.17) is 9.94 Å². The summed E-state index contributed by atoms with van der Waals surface area (Å²) in [5.41, 5.74) is 0.385. The van der Waals surface area contributed by atoms with Crippen LogP contribution in [0.15, 0.2) is 23.6 Å². The van der Waals surface area contributed by atoms with Crippen molar-refractivity contribution in [1.82, 2.24) is 4.98 Å². The monoisotopic (exact) mass is 237 g/mol. The number of nitrogens with zero attached hydrogens (tertiary/aromatic N) is 2. The molecule has 0 aliphatic rings. The van der Waals surface area contributed by atoms with Crippen molar-refractivity contribution in [3.05, 3.63) is 24.0 Å². The zero-order valence-corrected chi connectivity index (χ0v) is 9.97. The standard InChI is InChI=1S/C11H15N3O3/c1-11(2,3)17-10(15)14-9-4-5-12-6-8(9)7-13-16/h4-7,16H,1-3H3,(H,12,14,15). The number of aromatic nitrogens is 1. The Balaban J connectivity index is 2.78. The van der Waals surface area contributed by atoms with Crippen molar-refractivity contribution in [2.75, 3.05) is 5.32 Å². The van der Waals surface area contributed by atoms with E-state index in [0.717, 1.165) is 0 Å². The first-order valence-corrected chi connectivity index (χ1v) is 5.04. The molecule has 1 aromatic heterocycles. The fraction of sp³-hybridized carbons (Fsp3) is 0.364. The van der Waals surface area contributed by atoms with Crippen LogP contribution in [-0.4, -0.2) is 28.1 Å². The molecule has 1 rings (SSSR count). The lowest BCUT2D eigenvalue weighted by Crippen LogP contribution is -2.27. The molecule has 2 N–H and O–H groups in total. The van der Waals surface area contributed by atoms with Crippen LogP contribution in [0.25, 0.3) is 0 Å². The fourth-order valence-electron chi connectivity index (χ4n) is 1.10. The lowest BCUT2D eigenvalue weighted by atomic mass is 10.2. The molecule has 0 radical (unpaired) electrons. The summed E-state index contributed by atoms with van der Waals surface area (Å²) in [6.07, 6.45) is 3.59. The predicted molar refractivity (Wildman–Crippen MR) is 63.5 cm³/mol. The number of hydrogen-bond acceptors (Lipinski definition) is 5. The molecule has 1 aromatic rings. The number of ether oxygens (including phenoxy) is 1. The number of anilines is 1. The van der Waals surface area contributed by atoms with Gasteiger partial charge in [0.15, 0.2) is 0 Å². The molecule has 0 saturated heterocycles. The van der Waals surface area contributed by atoms with E-state index in [9.17, 15) is 4.79 Å². The van der Waals surface area contributed by atoms with Gasteiger partial charge in [0.2, 0.25) is 0 Å². The molecule has 17 heavy (non-hydrogen) atoms. The molecule has 0 aliphatic carbocycles. The van der Waals surface area contributed by atoms with Crippen LogP contribution in [0.5, 0.6) is 0 Å². The zero-order chi connectivity index (χ0) is 12.9. The van der Waals surface area contributed by atoms with Crippen LogP contribution in [0.4, 0.5) is 10.5 Å². The summed E-state index contributed by atoms with van der Waals surface area (Å²) in [6, 6.07) is 1.58. The Morgan fingerprint density at radius 1 is 1.59 bits per heavy atom. The number of nitrogens with one attached hydrogen (secondary N) is 1. The summed E-state index contributed by atoms with van der Waals surface area (Å²) in [4.78, 5) is 15.4. The number of pyridine rings is 1. The molecule has 92 valence electrons. The molecule has 6 nitrogen and oxygen atoms in total. The van der Waals surface area contributed by atoms with E-state index in [1.807, 2.05) is 0 Å². The van der Waals surface area contributed by atoms with Gasteiger partial charge in [-0.05, 0) is 26.8 Å². The molecule has 1 amide bonds. The van der Waals surface area contributed by atoms with Crippen molar-refractivity contribution >= 4 is 18.0 Å². The average Bonchev–Trinajstić information content (AvgIpc) is 2.18. The maximum absolute atomic E-state index is 11.5. The first kappa shape index (κ1) is 13.0. The maximum atomic E-state index is 11.5. The van der Waals surface area contributed by atoms with Gasteiger partial charge in [0, 0.05) is 18.0 Å². The van der Waals surface area contributed by atoms with Crippen LogP contribution in [-0.2, 0) is 4.74 Å². The average molecular weight is 237 g/mol. The quantitative estimate of drug-likeness (QED) is 0.469. The van der Waals surface area contributed by atoms with Crippen LogP contribution in [0.3, 0.4) is 0 Å². The summed E-state index contributed by atoms with van der Waals surface area (Å²) in [7, 11) is 0. The second-order valence-electron chi connectivity index (χ2n) is 4.33. The molecule has 0 unspecified atom stereocenters. The lowest BCUT2D eigenvalue weighted by Gasteiger charge is -2.20. The second kappa shape index (κ2) is 5.29. The molecule has 0 saturated carbocycles. The van der Waals surface area contributed by atoms with Gasteiger partial charge in [-0.2, -0.15) is 0 Å². The molecule has 0 spiro atoms. The summed E-state index contributed by atoms with van der Waals surface area (Å²) < 4.78 is 5.10. The number of oxime groups is 1. The highest BCUT2D eigenvalue weighted by Crippen LogP contribution is 2.14. The third-order valence-corrected chi connectivity index (χ3v) is 1.68. The van der Waals surface area contributed by atoms with Crippen LogP contribution in [0.2, 0.25) is 0 Å². The minimum atomic E-state index is -0.573. The normalized spacial score (nSPS) is 11.5. The summed E-state index contributed by atoms with van der Waals surface area (Å²) in [5, 5.41) is 13.9. The Morgan fingerprint density at radius 2 is 2.29 bits per heavy atom. The molecule has 0 fully saturated rings. The van der Waals surface area contributed by atoms with Gasteiger partial charge in [-0.3, -0.25) is 10.3 Å². The van der Waals surface area contributed by atoms with Gasteiger partial charge in [0.05, 0.1) is 11.9 Å². The van der Waals surface area contributed by atoms with Crippen molar-refractivity contribution in [2.24, 2.45) is 5.16 Å². The SMILES string of the molecule is CC(C)(C)OC(=O)Nc1ccncc1C=NO. The van der Waals surface area contributed by atoms with E-state index in [1.165, 1.54) is 18.6 Å². The van der Waals surface area contributed by atoms with Crippen molar-refractivity contribution in [2.45, 2.75) is 26.4 Å². The Labute approximate surface area is 99.3 Å². The summed E-state index contributed by atoms with van der Waals surface area (Å²) in [5.74, 6) is 0. The smallest absolute Gasteiger partial charge is 0.412 e. The van der Waals surface area contributed by atoms with Crippen molar-refractivity contribution in [3.8, 4) is 0 Å². The summed E-state index contributed by atoms with van der Waals surface area (Å²) >= 11 is 0. The van der Waals surface area contributed by atoms with Gasteiger partial charge < -0.3 is 9.94 Å². The topological polar surface area (TPSA) is 83.8 Å². The van der Waals surface area contributed by atoms with Gasteiger partial charge in [0.25, 0.3) is 0 Å². The van der Waals surface area contributed by atoms with Gasteiger partial charge >= 0.3 is 6.09 Å². The van der Waals surface area contributed by atoms with Crippen molar-refractivity contribution < 1.29 is 14.7 Å². The Morgan fingerprint density at radius 3 is 2.88 bits per heavy atom. The van der Waals surface area contributed by atoms with E-state index in [-0.39, 0.29) is 0 Å². The molecule has 6 heteroatoms. The number of carbonyl (C=O) groups is 1. The Hall–Kier alpha value is -2.11. The second-order valence-corrected chi connectivity index (χ2v) is 4.33. The fourth-order valence-corrected chi connectivity index (χ4v) is 1.10. The molecular formula is C11H15N3O3. The molecule has 0 aromatic carbocycles. The third kappa shape index (κ3) is 4.50. The van der Waals surface area contributed by atoms with Gasteiger partial charge in [-0.25, -0.2) is 4.79 Å². The lowest BCUT2D eigenvalue weighted by molar-refractivity contribution is 0.0636. The Bertz CT molecular complexity index is 424. The van der Waals surface area contributed by atoms with Gasteiger partial charge in [0.1, 0.15) is 5.60 Å². The highest BCUT2D eigenvalue weighted by atomic mass is 16.6. The van der Waals surface area contributed by atoms with E-state index >= 15 is 0 Å². The molecule has 1 heterocycles. The minimum Gasteiger partial charge on any atom is -0.444 e. The number of carbonyl (C=O) groups excluding carboxylic acids is 1. The highest BCUT2D eigenvalue weighted by Gasteiger charge is 2.16. The molecule has 0 atom stereocenters. The molecule has 0 aliphatic heterocycles. The number of rotatable bonds is 2. The predicted octanol–water partition coefficient (Wildman–Crippen LogP) is 2.24. The largest absolute Gasteiger partial charge is 0.444 e. The summed E-state index contributed by atoms with van der Waals surface area (Å²) in [6.45, 7) is 5.32. The maximum Gasteiger partial charge on any atom is 0.412 e. The first-order valence-electron chi connectivity index (χ1n) is 5.04. The molecular weight excluding hydrogens is 222 g/mol. The zero-order valence-electron chi connectivity index (χ0n) is 9.97. The van der Waals surface area contributed by atoms with Gasteiger partial charge in [-0.15, -0.1) is 0 Å². The van der Waals surface area contributed by atoms with Crippen LogP contribution in [0, 0.1) is 0 Å². The highest BCUT2D eigenvalue weighted by molar-refractivity contribution is 5.94. The van der Waals surface area contributed by atoms with Crippen molar-refractivity contribution in [3.63, 3.8) is 0 Å². The minimum absolute atomic E-state index is 0.465. The van der Waals surface area contributed by atoms with Gasteiger partial charge in [-0.1, -0.05) is 5.16 Å². The van der Waals surface area contributed by atoms with Crippen LogP contribution < -0.4 is 5.32 Å². The first-order chi connectivity index (χ1) is 7.92. The molecule has 0 bridgehead atoms. The van der Waals surface area contributed by atoms with E-state index < -0.39 is 11.7 Å².